The predicted molar refractivity (Wildman–Crippen MR) is 90.4 cm³/mol. The molecule has 2 N–H and O–H groups in total. The Hall–Kier alpha value is -0.840. The van der Waals surface area contributed by atoms with Crippen molar-refractivity contribution in [2.45, 2.75) is 76.1 Å². The number of H-pyrrole nitrogens is 1. The van der Waals surface area contributed by atoms with Gasteiger partial charge in [-0.05, 0) is 50.7 Å². The fraction of sp³-hybridized carbons (Fsp3) is 0.789. The maximum atomic E-state index is 10.1. The van der Waals surface area contributed by atoms with E-state index in [0.29, 0.717) is 5.92 Å². The van der Waals surface area contributed by atoms with Gasteiger partial charge in [0.1, 0.15) is 0 Å². The second-order valence-electron chi connectivity index (χ2n) is 7.32. The van der Waals surface area contributed by atoms with Crippen molar-refractivity contribution >= 4 is 0 Å². The van der Waals surface area contributed by atoms with E-state index in [1.807, 2.05) is 0 Å². The molecule has 0 radical (unpaired) electrons. The smallest absolute Gasteiger partial charge is 0.200 e. The van der Waals surface area contributed by atoms with Gasteiger partial charge in [0.05, 0.1) is 18.6 Å². The number of aromatic amines is 1. The van der Waals surface area contributed by atoms with Crippen LogP contribution in [0.3, 0.4) is 0 Å². The van der Waals surface area contributed by atoms with Crippen molar-refractivity contribution in [2.24, 2.45) is 5.92 Å². The lowest BCUT2D eigenvalue weighted by Gasteiger charge is -2.48. The first-order chi connectivity index (χ1) is 11.2. The van der Waals surface area contributed by atoms with Crippen molar-refractivity contribution in [3.8, 4) is 0 Å². The van der Waals surface area contributed by atoms with Gasteiger partial charge in [0.15, 0.2) is 5.79 Å². The van der Waals surface area contributed by atoms with Crippen LogP contribution in [0.4, 0.5) is 0 Å². The fourth-order valence-electron chi connectivity index (χ4n) is 4.57. The highest BCUT2D eigenvalue weighted by molar-refractivity contribution is 5.22. The number of fused-ring (bicyclic) bond motifs is 4. The van der Waals surface area contributed by atoms with E-state index in [2.05, 4.69) is 24.0 Å². The Labute approximate surface area is 139 Å². The number of aliphatic hydroxyl groups excluding tert-OH is 1. The van der Waals surface area contributed by atoms with Gasteiger partial charge in [-0.3, -0.25) is 0 Å². The van der Waals surface area contributed by atoms with Crippen molar-refractivity contribution in [1.29, 1.82) is 0 Å². The molecule has 0 saturated carbocycles. The summed E-state index contributed by atoms with van der Waals surface area (Å²) in [5, 5.41) is 10.1. The maximum Gasteiger partial charge on any atom is 0.200 e. The third-order valence-electron chi connectivity index (χ3n) is 5.67. The molecule has 4 nitrogen and oxygen atoms in total. The Kier molecular flexibility index (Phi) is 5.45. The largest absolute Gasteiger partial charge is 0.391 e. The summed E-state index contributed by atoms with van der Waals surface area (Å²) in [7, 11) is 1.66. The highest BCUT2D eigenvalue weighted by atomic mass is 16.7. The van der Waals surface area contributed by atoms with Crippen molar-refractivity contribution in [3.05, 3.63) is 23.5 Å². The summed E-state index contributed by atoms with van der Waals surface area (Å²) < 4.78 is 11.9. The monoisotopic (exact) mass is 321 g/mol. The zero-order valence-corrected chi connectivity index (χ0v) is 14.5. The second kappa shape index (κ2) is 7.37. The molecular weight excluding hydrogens is 290 g/mol. The molecule has 0 amide bonds. The second-order valence-corrected chi connectivity index (χ2v) is 7.32. The number of nitrogens with one attached hydrogen (secondary N) is 1. The maximum absolute atomic E-state index is 10.1. The van der Waals surface area contributed by atoms with E-state index >= 15 is 0 Å². The van der Waals surface area contributed by atoms with Crippen LogP contribution in [0.5, 0.6) is 0 Å². The predicted octanol–water partition coefficient (Wildman–Crippen LogP) is 3.76. The van der Waals surface area contributed by atoms with Gasteiger partial charge in [-0.15, -0.1) is 0 Å². The standard InChI is InChI=1S/C19H31NO3/c1-14-12-15-8-6-4-3-5-7-9-16-10-11-17(20-16)18(15)19(13-21,22-2)23-14/h10-11,14-15,18,20-21H,3-9,12-13H2,1-2H3/t14-,15-,18-,19-/m0/s1. The molecule has 0 spiro atoms. The molecule has 4 heteroatoms. The van der Waals surface area contributed by atoms with Crippen LogP contribution >= 0.6 is 0 Å². The number of methoxy groups -OCH3 is 1. The van der Waals surface area contributed by atoms with Gasteiger partial charge in [0, 0.05) is 18.5 Å². The lowest BCUT2D eigenvalue weighted by atomic mass is 9.74. The number of hydrogen-bond donors (Lipinski definition) is 2. The molecule has 2 aliphatic rings. The summed E-state index contributed by atoms with van der Waals surface area (Å²) in [5.41, 5.74) is 2.45. The lowest BCUT2D eigenvalue weighted by Crippen LogP contribution is -2.53. The highest BCUT2D eigenvalue weighted by Crippen LogP contribution is 2.47. The molecule has 4 atom stereocenters. The number of hydrogen-bond acceptors (Lipinski definition) is 3. The van der Waals surface area contributed by atoms with Crippen molar-refractivity contribution in [2.75, 3.05) is 13.7 Å². The Morgan fingerprint density at radius 3 is 2.83 bits per heavy atom. The summed E-state index contributed by atoms with van der Waals surface area (Å²) >= 11 is 0. The molecule has 1 aromatic rings. The van der Waals surface area contributed by atoms with Crippen LogP contribution in [0.25, 0.3) is 0 Å². The Bertz CT molecular complexity index is 495. The molecule has 2 aliphatic heterocycles. The van der Waals surface area contributed by atoms with Gasteiger partial charge in [0.25, 0.3) is 0 Å². The zero-order valence-electron chi connectivity index (χ0n) is 14.5. The van der Waals surface area contributed by atoms with Crippen LogP contribution in [-0.4, -0.2) is 35.7 Å². The quantitative estimate of drug-likeness (QED) is 0.872. The lowest BCUT2D eigenvalue weighted by molar-refractivity contribution is -0.302. The van der Waals surface area contributed by atoms with E-state index in [0.717, 1.165) is 18.5 Å². The Balaban J connectivity index is 1.96. The fourth-order valence-corrected chi connectivity index (χ4v) is 4.57. The molecule has 2 bridgehead atoms. The third kappa shape index (κ3) is 3.49. The van der Waals surface area contributed by atoms with Crippen LogP contribution in [0.2, 0.25) is 0 Å². The molecular formula is C19H31NO3. The number of aromatic nitrogens is 1. The third-order valence-corrected chi connectivity index (χ3v) is 5.67. The van der Waals surface area contributed by atoms with Gasteiger partial charge in [0.2, 0.25) is 0 Å². The normalized spacial score (nSPS) is 35.9. The minimum absolute atomic E-state index is 0.0712. The molecule has 1 saturated heterocycles. The first kappa shape index (κ1) is 17.0. The molecule has 23 heavy (non-hydrogen) atoms. The molecule has 1 aromatic heterocycles. The summed E-state index contributed by atoms with van der Waals surface area (Å²) in [4.78, 5) is 3.60. The van der Waals surface area contributed by atoms with E-state index in [9.17, 15) is 5.11 Å². The summed E-state index contributed by atoms with van der Waals surface area (Å²) in [5.74, 6) is -0.368. The minimum Gasteiger partial charge on any atom is -0.391 e. The van der Waals surface area contributed by atoms with Gasteiger partial charge < -0.3 is 19.6 Å². The molecule has 0 aromatic carbocycles. The number of rotatable bonds is 2. The number of aryl methyl sites for hydroxylation is 1. The topological polar surface area (TPSA) is 54.5 Å². The highest BCUT2D eigenvalue weighted by Gasteiger charge is 2.50. The average Bonchev–Trinajstić information content (AvgIpc) is 3.00. The summed E-state index contributed by atoms with van der Waals surface area (Å²) in [6.45, 7) is 1.99. The van der Waals surface area contributed by atoms with Gasteiger partial charge in [-0.2, -0.15) is 0 Å². The average molecular weight is 321 g/mol. The van der Waals surface area contributed by atoms with Crippen molar-refractivity contribution < 1.29 is 14.6 Å². The van der Waals surface area contributed by atoms with Crippen LogP contribution < -0.4 is 0 Å². The van der Waals surface area contributed by atoms with E-state index < -0.39 is 5.79 Å². The Morgan fingerprint density at radius 1 is 1.26 bits per heavy atom. The SMILES string of the molecule is CO[C@@]1(CO)O[C@@H](C)C[C@@H]2CCCCCCCc3ccc([nH]3)[C@H]21. The van der Waals surface area contributed by atoms with Crippen LogP contribution in [0.1, 0.15) is 69.2 Å². The zero-order chi connectivity index (χ0) is 16.3. The number of aliphatic hydroxyl groups is 1. The first-order valence-electron chi connectivity index (χ1n) is 9.20. The molecule has 0 unspecified atom stereocenters. The van der Waals surface area contributed by atoms with E-state index in [1.165, 1.54) is 44.2 Å². The van der Waals surface area contributed by atoms with E-state index in [4.69, 9.17) is 9.47 Å². The van der Waals surface area contributed by atoms with Crippen LogP contribution in [0, 0.1) is 5.92 Å². The van der Waals surface area contributed by atoms with Crippen LogP contribution in [0.15, 0.2) is 12.1 Å². The van der Waals surface area contributed by atoms with Gasteiger partial charge in [-0.25, -0.2) is 0 Å². The molecule has 3 heterocycles. The molecule has 3 rings (SSSR count). The summed E-state index contributed by atoms with van der Waals surface area (Å²) in [6.07, 6.45) is 9.89. The van der Waals surface area contributed by atoms with Gasteiger partial charge >= 0.3 is 0 Å². The molecule has 1 fully saturated rings. The minimum atomic E-state index is -0.922. The number of ether oxygens (including phenoxy) is 2. The van der Waals surface area contributed by atoms with E-state index in [1.54, 1.807) is 7.11 Å². The van der Waals surface area contributed by atoms with Crippen LogP contribution in [-0.2, 0) is 15.9 Å². The summed E-state index contributed by atoms with van der Waals surface area (Å²) in [6, 6.07) is 4.37. The van der Waals surface area contributed by atoms with Crippen molar-refractivity contribution in [1.82, 2.24) is 4.98 Å². The molecule has 0 aliphatic carbocycles. The molecule has 130 valence electrons. The van der Waals surface area contributed by atoms with E-state index in [-0.39, 0.29) is 18.6 Å². The first-order valence-corrected chi connectivity index (χ1v) is 9.20. The van der Waals surface area contributed by atoms with Crippen molar-refractivity contribution in [3.63, 3.8) is 0 Å². The Morgan fingerprint density at radius 2 is 2.04 bits per heavy atom. The van der Waals surface area contributed by atoms with Gasteiger partial charge in [-0.1, -0.05) is 25.7 Å².